The van der Waals surface area contributed by atoms with Gasteiger partial charge in [0, 0.05) is 23.8 Å². The van der Waals surface area contributed by atoms with E-state index in [-0.39, 0.29) is 23.9 Å². The smallest absolute Gasteiger partial charge is 0.334 e. The molecule has 5 atom stereocenters. The van der Waals surface area contributed by atoms with Crippen LogP contribution in [0.3, 0.4) is 0 Å². The lowest BCUT2D eigenvalue weighted by atomic mass is 9.78. The summed E-state index contributed by atoms with van der Waals surface area (Å²) in [6.45, 7) is 7.34. The van der Waals surface area contributed by atoms with E-state index < -0.39 is 11.2 Å². The Balaban J connectivity index is 2.02. The molecule has 1 aliphatic heterocycles. The zero-order chi connectivity index (χ0) is 14.0. The van der Waals surface area contributed by atoms with E-state index in [4.69, 9.17) is 4.74 Å². The summed E-state index contributed by atoms with van der Waals surface area (Å²) in [7, 11) is 0. The third kappa shape index (κ3) is 1.77. The molecule has 0 radical (unpaired) electrons. The first-order valence-corrected chi connectivity index (χ1v) is 6.77. The SMILES string of the molecule is C=C1C(=O)O[C@@H]2C[C@](C)(O)C3=CC[C@](C)(O)C3CC12. The molecule has 3 rings (SSSR count). The van der Waals surface area contributed by atoms with E-state index in [0.717, 1.165) is 5.57 Å². The van der Waals surface area contributed by atoms with E-state index in [1.165, 1.54) is 0 Å². The number of hydrogen-bond donors (Lipinski definition) is 2. The van der Waals surface area contributed by atoms with Gasteiger partial charge in [-0.1, -0.05) is 12.7 Å². The van der Waals surface area contributed by atoms with E-state index in [0.29, 0.717) is 24.8 Å². The van der Waals surface area contributed by atoms with Gasteiger partial charge in [-0.05, 0) is 32.3 Å². The first-order valence-electron chi connectivity index (χ1n) is 6.77. The number of fused-ring (bicyclic) bond motifs is 2. The van der Waals surface area contributed by atoms with Gasteiger partial charge in [-0.3, -0.25) is 0 Å². The van der Waals surface area contributed by atoms with E-state index in [9.17, 15) is 15.0 Å². The Bertz CT molecular complexity index is 486. The normalized spacial score (nSPS) is 49.3. The average molecular weight is 264 g/mol. The number of rotatable bonds is 0. The second-order valence-electron chi connectivity index (χ2n) is 6.56. The van der Waals surface area contributed by atoms with Gasteiger partial charge < -0.3 is 14.9 Å². The Morgan fingerprint density at radius 3 is 2.79 bits per heavy atom. The fraction of sp³-hybridized carbons (Fsp3) is 0.667. The Morgan fingerprint density at radius 1 is 1.42 bits per heavy atom. The maximum Gasteiger partial charge on any atom is 0.334 e. The first kappa shape index (κ1) is 12.9. The Hall–Kier alpha value is -1.13. The highest BCUT2D eigenvalue weighted by Gasteiger charge is 2.54. The van der Waals surface area contributed by atoms with Gasteiger partial charge in [-0.25, -0.2) is 4.79 Å². The number of hydrogen-bond acceptors (Lipinski definition) is 4. The number of esters is 1. The van der Waals surface area contributed by atoms with Gasteiger partial charge in [0.25, 0.3) is 0 Å². The number of carbonyl (C=O) groups excluding carboxylic acids is 1. The predicted molar refractivity (Wildman–Crippen MR) is 69.2 cm³/mol. The zero-order valence-electron chi connectivity index (χ0n) is 11.3. The molecule has 0 aromatic carbocycles. The molecule has 104 valence electrons. The molecular weight excluding hydrogens is 244 g/mol. The van der Waals surface area contributed by atoms with Gasteiger partial charge in [0.05, 0.1) is 11.2 Å². The highest BCUT2D eigenvalue weighted by Crippen LogP contribution is 2.51. The lowest BCUT2D eigenvalue weighted by molar-refractivity contribution is -0.140. The second kappa shape index (κ2) is 3.70. The maximum absolute atomic E-state index is 11.6. The van der Waals surface area contributed by atoms with Crippen LogP contribution >= 0.6 is 0 Å². The van der Waals surface area contributed by atoms with Crippen molar-refractivity contribution in [1.29, 1.82) is 0 Å². The second-order valence-corrected chi connectivity index (χ2v) is 6.56. The lowest BCUT2D eigenvalue weighted by Crippen LogP contribution is -2.37. The minimum Gasteiger partial charge on any atom is -0.458 e. The van der Waals surface area contributed by atoms with Crippen molar-refractivity contribution in [1.82, 2.24) is 0 Å². The highest BCUT2D eigenvalue weighted by atomic mass is 16.6. The van der Waals surface area contributed by atoms with Gasteiger partial charge in [-0.2, -0.15) is 0 Å². The van der Waals surface area contributed by atoms with Crippen molar-refractivity contribution in [2.45, 2.75) is 50.4 Å². The fourth-order valence-electron chi connectivity index (χ4n) is 3.82. The summed E-state index contributed by atoms with van der Waals surface area (Å²) in [6, 6.07) is 0. The van der Waals surface area contributed by atoms with Crippen molar-refractivity contribution >= 4 is 5.97 Å². The van der Waals surface area contributed by atoms with Crippen LogP contribution in [0.2, 0.25) is 0 Å². The van der Waals surface area contributed by atoms with Crippen molar-refractivity contribution in [3.8, 4) is 0 Å². The van der Waals surface area contributed by atoms with E-state index >= 15 is 0 Å². The Kier molecular flexibility index (Phi) is 2.51. The lowest BCUT2D eigenvalue weighted by Gasteiger charge is -2.33. The molecule has 0 amide bonds. The molecule has 19 heavy (non-hydrogen) atoms. The number of ether oxygens (including phenoxy) is 1. The standard InChI is InChI=1S/C15H20O4/c1-8-9-6-11-10(4-5-14(11,2)17)15(3,18)7-12(9)19-13(8)16/h4,9,11-12,17-18H,1,5-7H2,2-3H3/t9?,11?,12-,14+,15+/m1/s1. The van der Waals surface area contributed by atoms with E-state index in [1.807, 2.05) is 6.08 Å². The number of aliphatic hydroxyl groups is 2. The maximum atomic E-state index is 11.6. The Morgan fingerprint density at radius 2 is 2.11 bits per heavy atom. The molecule has 1 heterocycles. The van der Waals surface area contributed by atoms with Crippen molar-refractivity contribution < 1.29 is 19.7 Å². The molecule has 4 heteroatoms. The van der Waals surface area contributed by atoms with Crippen LogP contribution in [0.4, 0.5) is 0 Å². The minimum atomic E-state index is -1.03. The molecule has 0 spiro atoms. The van der Waals surface area contributed by atoms with Crippen LogP contribution in [0.5, 0.6) is 0 Å². The monoisotopic (exact) mass is 264 g/mol. The molecule has 0 aromatic heterocycles. The van der Waals surface area contributed by atoms with Gasteiger partial charge in [0.2, 0.25) is 0 Å². The third-order valence-corrected chi connectivity index (χ3v) is 4.99. The highest BCUT2D eigenvalue weighted by molar-refractivity contribution is 5.90. The molecule has 4 nitrogen and oxygen atoms in total. The quantitative estimate of drug-likeness (QED) is 0.393. The largest absolute Gasteiger partial charge is 0.458 e. The number of carbonyl (C=O) groups is 1. The Labute approximate surface area is 112 Å². The van der Waals surface area contributed by atoms with Crippen LogP contribution in [0.15, 0.2) is 23.8 Å². The van der Waals surface area contributed by atoms with Gasteiger partial charge in [-0.15, -0.1) is 0 Å². The van der Waals surface area contributed by atoms with Gasteiger partial charge in [0.1, 0.15) is 6.10 Å². The summed E-state index contributed by atoms with van der Waals surface area (Å²) < 4.78 is 5.32. The molecule has 0 aromatic rings. The van der Waals surface area contributed by atoms with E-state index in [2.05, 4.69) is 6.58 Å². The van der Waals surface area contributed by atoms with Crippen LogP contribution in [-0.4, -0.2) is 33.5 Å². The van der Waals surface area contributed by atoms with E-state index in [1.54, 1.807) is 13.8 Å². The summed E-state index contributed by atoms with van der Waals surface area (Å²) in [6.07, 6.45) is 3.15. The molecular formula is C15H20O4. The summed E-state index contributed by atoms with van der Waals surface area (Å²) in [4.78, 5) is 11.6. The molecule has 1 saturated heterocycles. The fourth-order valence-corrected chi connectivity index (χ4v) is 3.82. The third-order valence-electron chi connectivity index (χ3n) is 4.99. The molecule has 1 saturated carbocycles. The van der Waals surface area contributed by atoms with Crippen molar-refractivity contribution in [3.63, 3.8) is 0 Å². The summed E-state index contributed by atoms with van der Waals surface area (Å²) in [5, 5.41) is 21.2. The minimum absolute atomic E-state index is 0.0977. The average Bonchev–Trinajstić information content (AvgIpc) is 2.66. The molecule has 2 unspecified atom stereocenters. The van der Waals surface area contributed by atoms with Crippen molar-refractivity contribution in [2.24, 2.45) is 11.8 Å². The molecule has 2 aliphatic carbocycles. The van der Waals surface area contributed by atoms with Crippen LogP contribution in [0, 0.1) is 11.8 Å². The first-order chi connectivity index (χ1) is 8.72. The van der Waals surface area contributed by atoms with Gasteiger partial charge in [0.15, 0.2) is 0 Å². The zero-order valence-corrected chi connectivity index (χ0v) is 11.3. The molecule has 2 fully saturated rings. The topological polar surface area (TPSA) is 66.8 Å². The predicted octanol–water partition coefficient (Wildman–Crippen LogP) is 1.33. The van der Waals surface area contributed by atoms with Crippen LogP contribution in [-0.2, 0) is 9.53 Å². The summed E-state index contributed by atoms with van der Waals surface area (Å²) in [5.74, 6) is -0.598. The molecule has 2 N–H and O–H groups in total. The van der Waals surface area contributed by atoms with Crippen molar-refractivity contribution in [2.75, 3.05) is 0 Å². The van der Waals surface area contributed by atoms with Crippen LogP contribution in [0.25, 0.3) is 0 Å². The molecule has 0 bridgehead atoms. The van der Waals surface area contributed by atoms with Crippen LogP contribution in [0.1, 0.15) is 33.1 Å². The summed E-state index contributed by atoms with van der Waals surface area (Å²) in [5.41, 5.74) is -0.532. The van der Waals surface area contributed by atoms with Gasteiger partial charge >= 0.3 is 5.97 Å². The van der Waals surface area contributed by atoms with Crippen LogP contribution < -0.4 is 0 Å². The summed E-state index contributed by atoms with van der Waals surface area (Å²) >= 11 is 0. The van der Waals surface area contributed by atoms with Crippen molar-refractivity contribution in [3.05, 3.63) is 23.8 Å². The molecule has 3 aliphatic rings.